The van der Waals surface area contributed by atoms with Crippen LogP contribution in [-0.4, -0.2) is 56.1 Å². The van der Waals surface area contributed by atoms with Crippen molar-refractivity contribution in [1.82, 2.24) is 15.5 Å². The van der Waals surface area contributed by atoms with Crippen LogP contribution in [0.5, 0.6) is 0 Å². The van der Waals surface area contributed by atoms with E-state index in [1.54, 1.807) is 14.2 Å². The molecule has 25 heavy (non-hydrogen) atoms. The lowest BCUT2D eigenvalue weighted by Gasteiger charge is -2.23. The van der Waals surface area contributed by atoms with E-state index in [9.17, 15) is 8.78 Å². The third-order valence-corrected chi connectivity index (χ3v) is 3.89. The van der Waals surface area contributed by atoms with Gasteiger partial charge in [-0.2, -0.15) is 0 Å². The Labute approximate surface area is 147 Å². The van der Waals surface area contributed by atoms with Crippen LogP contribution in [0.25, 0.3) is 0 Å². The summed E-state index contributed by atoms with van der Waals surface area (Å²) in [5.41, 5.74) is 0. The predicted molar refractivity (Wildman–Crippen MR) is 92.9 cm³/mol. The Balaban J connectivity index is 2.51. The monoisotopic (exact) mass is 361 g/mol. The molecule has 0 aromatic heterocycles. The van der Waals surface area contributed by atoms with Crippen LogP contribution in [0.3, 0.4) is 0 Å². The van der Waals surface area contributed by atoms with Gasteiger partial charge in [-0.25, -0.2) is 8.78 Å². The number of halogens is 2. The quantitative estimate of drug-likeness (QED) is 0.318. The van der Waals surface area contributed by atoms with Gasteiger partial charge in [0.2, 0.25) is 0 Å². The van der Waals surface area contributed by atoms with Crippen molar-refractivity contribution in [3.63, 3.8) is 0 Å². The van der Waals surface area contributed by atoms with Crippen molar-refractivity contribution in [1.29, 1.82) is 10.8 Å². The molecule has 7 nitrogen and oxygen atoms in total. The van der Waals surface area contributed by atoms with E-state index in [1.807, 2.05) is 13.8 Å². The van der Waals surface area contributed by atoms with Crippen molar-refractivity contribution in [2.24, 2.45) is 0 Å². The molecule has 0 aromatic rings. The summed E-state index contributed by atoms with van der Waals surface area (Å²) in [6.45, 7) is 3.52. The van der Waals surface area contributed by atoms with Crippen LogP contribution >= 0.6 is 0 Å². The van der Waals surface area contributed by atoms with Gasteiger partial charge >= 0.3 is 0 Å². The zero-order valence-corrected chi connectivity index (χ0v) is 15.3. The fourth-order valence-electron chi connectivity index (χ4n) is 2.63. The van der Waals surface area contributed by atoms with Gasteiger partial charge in [0, 0.05) is 31.8 Å². The van der Waals surface area contributed by atoms with Crippen molar-refractivity contribution in [2.75, 3.05) is 27.3 Å². The summed E-state index contributed by atoms with van der Waals surface area (Å²) in [4.78, 5) is 1.23. The molecule has 1 unspecified atom stereocenters. The largest absolute Gasteiger partial charge is 0.498 e. The third-order valence-electron chi connectivity index (χ3n) is 3.89. The van der Waals surface area contributed by atoms with E-state index in [0.717, 1.165) is 18.6 Å². The SMILES string of the molecule is CCC/C(OC)=C(\CC(C)NC(=N)NC(=N)N1CCC(F)(F)C1)OC. The average molecular weight is 361 g/mol. The number of allylic oxidation sites excluding steroid dienone is 1. The number of guanidine groups is 2. The highest BCUT2D eigenvalue weighted by molar-refractivity contribution is 5.95. The van der Waals surface area contributed by atoms with Gasteiger partial charge in [-0.3, -0.25) is 16.1 Å². The number of methoxy groups -OCH3 is 2. The van der Waals surface area contributed by atoms with Crippen molar-refractivity contribution in [3.8, 4) is 0 Å². The number of likely N-dealkylation sites (tertiary alicyclic amines) is 1. The van der Waals surface area contributed by atoms with E-state index in [-0.39, 0.29) is 30.9 Å². The van der Waals surface area contributed by atoms with E-state index in [4.69, 9.17) is 20.3 Å². The topological polar surface area (TPSA) is 93.5 Å². The Morgan fingerprint density at radius 1 is 1.24 bits per heavy atom. The zero-order valence-electron chi connectivity index (χ0n) is 15.3. The van der Waals surface area contributed by atoms with Crippen molar-refractivity contribution in [2.45, 2.75) is 51.5 Å². The summed E-state index contributed by atoms with van der Waals surface area (Å²) < 4.78 is 37.1. The van der Waals surface area contributed by atoms with Gasteiger partial charge in [0.25, 0.3) is 5.92 Å². The van der Waals surface area contributed by atoms with E-state index in [1.165, 1.54) is 4.90 Å². The van der Waals surface area contributed by atoms with Gasteiger partial charge in [-0.1, -0.05) is 6.92 Å². The number of nitrogens with zero attached hydrogens (tertiary/aromatic N) is 1. The molecule has 1 heterocycles. The second-order valence-corrected chi connectivity index (χ2v) is 6.13. The summed E-state index contributed by atoms with van der Waals surface area (Å²) in [5, 5.41) is 21.1. The molecule has 1 rings (SSSR count). The molecule has 4 N–H and O–H groups in total. The molecular weight excluding hydrogens is 332 g/mol. The van der Waals surface area contributed by atoms with Crippen molar-refractivity contribution >= 4 is 11.9 Å². The number of hydrogen-bond acceptors (Lipinski definition) is 4. The highest BCUT2D eigenvalue weighted by Crippen LogP contribution is 2.26. The maximum Gasteiger partial charge on any atom is 0.267 e. The molecular formula is C16H29F2N5O2. The number of nitrogens with one attached hydrogen (secondary N) is 4. The van der Waals surface area contributed by atoms with Crippen LogP contribution in [0, 0.1) is 10.8 Å². The first-order chi connectivity index (χ1) is 11.7. The molecule has 1 fully saturated rings. The molecule has 0 saturated carbocycles. The summed E-state index contributed by atoms with van der Waals surface area (Å²) in [6.07, 6.45) is 1.91. The first-order valence-electron chi connectivity index (χ1n) is 8.35. The first-order valence-corrected chi connectivity index (χ1v) is 8.35. The molecule has 0 aliphatic carbocycles. The lowest BCUT2D eigenvalue weighted by Crippen LogP contribution is -2.49. The normalized spacial score (nSPS) is 18.2. The lowest BCUT2D eigenvalue weighted by molar-refractivity contribution is 0.0173. The molecule has 0 spiro atoms. The molecule has 1 saturated heterocycles. The van der Waals surface area contributed by atoms with Gasteiger partial charge in [0.05, 0.1) is 20.8 Å². The fourth-order valence-corrected chi connectivity index (χ4v) is 2.63. The summed E-state index contributed by atoms with van der Waals surface area (Å²) in [5.74, 6) is -1.62. The van der Waals surface area contributed by atoms with E-state index < -0.39 is 12.5 Å². The van der Waals surface area contributed by atoms with E-state index >= 15 is 0 Å². The Bertz CT molecular complexity index is 511. The molecule has 1 atom stereocenters. The zero-order chi connectivity index (χ0) is 19.0. The van der Waals surface area contributed by atoms with Crippen LogP contribution in [0.15, 0.2) is 11.5 Å². The molecule has 1 aliphatic heterocycles. The lowest BCUT2D eigenvalue weighted by atomic mass is 10.1. The van der Waals surface area contributed by atoms with Gasteiger partial charge in [-0.15, -0.1) is 0 Å². The summed E-state index contributed by atoms with van der Waals surface area (Å²) >= 11 is 0. The Morgan fingerprint density at radius 2 is 1.88 bits per heavy atom. The molecule has 144 valence electrons. The highest BCUT2D eigenvalue weighted by Gasteiger charge is 2.39. The van der Waals surface area contributed by atoms with Gasteiger partial charge in [0.15, 0.2) is 11.9 Å². The molecule has 0 aromatic carbocycles. The Hall–Kier alpha value is -2.06. The minimum absolute atomic E-state index is 0.104. The second kappa shape index (κ2) is 9.43. The average Bonchev–Trinajstić information content (AvgIpc) is 2.90. The predicted octanol–water partition coefficient (Wildman–Crippen LogP) is 2.46. The number of hydrogen-bond donors (Lipinski definition) is 4. The van der Waals surface area contributed by atoms with E-state index in [2.05, 4.69) is 10.6 Å². The Morgan fingerprint density at radius 3 is 2.36 bits per heavy atom. The van der Waals surface area contributed by atoms with Crippen molar-refractivity contribution in [3.05, 3.63) is 11.5 Å². The fraction of sp³-hybridized carbons (Fsp3) is 0.750. The van der Waals surface area contributed by atoms with Gasteiger partial charge in [0.1, 0.15) is 11.5 Å². The minimum atomic E-state index is -2.77. The maximum absolute atomic E-state index is 13.2. The van der Waals surface area contributed by atoms with E-state index in [0.29, 0.717) is 12.2 Å². The first kappa shape index (κ1) is 21.0. The number of ether oxygens (including phenoxy) is 2. The number of rotatable bonds is 7. The van der Waals surface area contributed by atoms with Crippen molar-refractivity contribution < 1.29 is 18.3 Å². The second-order valence-electron chi connectivity index (χ2n) is 6.13. The summed E-state index contributed by atoms with van der Waals surface area (Å²) in [7, 11) is 3.17. The van der Waals surface area contributed by atoms with Crippen LogP contribution in [0.2, 0.25) is 0 Å². The highest BCUT2D eigenvalue weighted by atomic mass is 19.3. The minimum Gasteiger partial charge on any atom is -0.498 e. The van der Waals surface area contributed by atoms with Crippen LogP contribution in [0.1, 0.15) is 39.5 Å². The van der Waals surface area contributed by atoms with Crippen LogP contribution in [0.4, 0.5) is 8.78 Å². The smallest absolute Gasteiger partial charge is 0.267 e. The van der Waals surface area contributed by atoms with Gasteiger partial charge in [-0.05, 0) is 13.3 Å². The Kier molecular flexibility index (Phi) is 7.92. The molecule has 0 radical (unpaired) electrons. The van der Waals surface area contributed by atoms with Crippen LogP contribution < -0.4 is 10.6 Å². The van der Waals surface area contributed by atoms with Crippen LogP contribution in [-0.2, 0) is 9.47 Å². The maximum atomic E-state index is 13.2. The molecule has 0 bridgehead atoms. The standard InChI is InChI=1S/C16H29F2N5O2/c1-5-6-12(24-3)13(25-4)9-11(2)21-14(19)22-15(20)23-8-7-16(17,18)10-23/h11H,5-10H2,1-4H3,(H4,19,20,21,22)/b13-12-. The summed E-state index contributed by atoms with van der Waals surface area (Å²) in [6, 6.07) is -0.162. The number of alkyl halides is 2. The molecule has 0 amide bonds. The third kappa shape index (κ3) is 6.75. The molecule has 9 heteroatoms. The molecule has 1 aliphatic rings. The van der Waals surface area contributed by atoms with Gasteiger partial charge < -0.3 is 19.7 Å².